The first kappa shape index (κ1) is 28.0. The summed E-state index contributed by atoms with van der Waals surface area (Å²) < 4.78 is 0. The highest BCUT2D eigenvalue weighted by atomic mass is 15.2. The van der Waals surface area contributed by atoms with Crippen molar-refractivity contribution in [1.82, 2.24) is 4.98 Å². The Labute approximate surface area is 245 Å². The van der Waals surface area contributed by atoms with E-state index in [1.54, 1.807) is 0 Å². The van der Waals surface area contributed by atoms with E-state index >= 15 is 0 Å². The number of allylic oxidation sites excluding steroid dienone is 9. The third kappa shape index (κ3) is 6.30. The Bertz CT molecular complexity index is 1600. The van der Waals surface area contributed by atoms with E-state index in [0.717, 1.165) is 45.3 Å². The van der Waals surface area contributed by atoms with Crippen molar-refractivity contribution in [3.63, 3.8) is 0 Å². The number of para-hydroxylation sites is 1. The van der Waals surface area contributed by atoms with Crippen molar-refractivity contribution < 1.29 is 0 Å². The first-order valence-electron chi connectivity index (χ1n) is 14.4. The van der Waals surface area contributed by atoms with Gasteiger partial charge in [0.1, 0.15) is 0 Å². The molecule has 0 spiro atoms. The molecule has 0 radical (unpaired) electrons. The first-order chi connectivity index (χ1) is 20.0. The second-order valence-electron chi connectivity index (χ2n) is 10.9. The zero-order valence-electron chi connectivity index (χ0n) is 24.3. The van der Waals surface area contributed by atoms with E-state index in [1.807, 2.05) is 36.7 Å². The van der Waals surface area contributed by atoms with E-state index < -0.39 is 0 Å². The Morgan fingerprint density at radius 1 is 0.976 bits per heavy atom. The molecule has 0 saturated carbocycles. The van der Waals surface area contributed by atoms with Crippen LogP contribution >= 0.6 is 0 Å². The lowest BCUT2D eigenvalue weighted by atomic mass is 9.89. The molecule has 0 saturated heterocycles. The van der Waals surface area contributed by atoms with E-state index in [4.69, 9.17) is 4.99 Å². The van der Waals surface area contributed by atoms with Gasteiger partial charge < -0.3 is 4.90 Å². The Balaban J connectivity index is 1.45. The van der Waals surface area contributed by atoms with E-state index in [-0.39, 0.29) is 12.1 Å². The van der Waals surface area contributed by atoms with Crippen LogP contribution in [-0.2, 0) is 0 Å². The van der Waals surface area contributed by atoms with E-state index in [1.165, 1.54) is 5.70 Å². The molecule has 3 aromatic rings. The van der Waals surface area contributed by atoms with Crippen LogP contribution in [0.3, 0.4) is 0 Å². The Morgan fingerprint density at radius 2 is 1.76 bits per heavy atom. The fourth-order valence-corrected chi connectivity index (χ4v) is 5.59. The van der Waals surface area contributed by atoms with Gasteiger partial charge in [0.2, 0.25) is 0 Å². The third-order valence-electron chi connectivity index (χ3n) is 8.18. The molecule has 41 heavy (non-hydrogen) atoms. The van der Waals surface area contributed by atoms with Crippen LogP contribution in [0.1, 0.15) is 27.2 Å². The number of dihydropyridines is 1. The molecule has 0 N–H and O–H groups in total. The monoisotopic (exact) mass is 537 g/mol. The van der Waals surface area contributed by atoms with Crippen LogP contribution < -0.4 is 4.90 Å². The minimum atomic E-state index is 0.197. The molecule has 1 aliphatic carbocycles. The summed E-state index contributed by atoms with van der Waals surface area (Å²) in [6.45, 7) is 14.9. The van der Waals surface area contributed by atoms with Crippen molar-refractivity contribution in [1.29, 1.82) is 0 Å². The van der Waals surface area contributed by atoms with E-state index in [2.05, 4.69) is 129 Å². The number of aromatic nitrogens is 1. The minimum Gasteiger partial charge on any atom is -0.342 e. The lowest BCUT2D eigenvalue weighted by Gasteiger charge is -2.35. The number of hydrogen-bond donors (Lipinski definition) is 0. The van der Waals surface area contributed by atoms with Crippen molar-refractivity contribution in [3.05, 3.63) is 145 Å². The molecule has 2 aliphatic rings. The normalized spacial score (nSPS) is 19.8. The topological polar surface area (TPSA) is 28.5 Å². The maximum Gasteiger partial charge on any atom is 0.0780 e. The van der Waals surface area contributed by atoms with Gasteiger partial charge >= 0.3 is 0 Å². The number of rotatable bonds is 10. The summed E-state index contributed by atoms with van der Waals surface area (Å²) in [5.74, 6) is 0.723. The third-order valence-corrected chi connectivity index (χ3v) is 8.18. The highest BCUT2D eigenvalue weighted by Gasteiger charge is 2.22. The second kappa shape index (κ2) is 12.8. The number of pyridine rings is 1. The maximum atomic E-state index is 4.77. The number of hydrogen-bond acceptors (Lipinski definition) is 3. The van der Waals surface area contributed by atoms with Gasteiger partial charge in [0.25, 0.3) is 0 Å². The Kier molecular flexibility index (Phi) is 8.74. The zero-order valence-corrected chi connectivity index (χ0v) is 24.3. The molecule has 0 fully saturated rings. The molecule has 1 aliphatic heterocycles. The summed E-state index contributed by atoms with van der Waals surface area (Å²) in [5, 5.41) is 1.15. The zero-order chi connectivity index (χ0) is 28.8. The molecule has 3 heteroatoms. The van der Waals surface area contributed by atoms with Gasteiger partial charge in [0, 0.05) is 46.7 Å². The average molecular weight is 538 g/mol. The molecular formula is C38H39N3. The SMILES string of the molecule is C=CC[C@@H](C)C(C)N(/C(C)=C/C=C(\C=C)C1=CC2C=CC=CC2N=C1)c1ccc(-c2cnc3ccccc3c2)cc1. The molecule has 4 atom stereocenters. The van der Waals surface area contributed by atoms with Crippen LogP contribution in [0, 0.1) is 11.8 Å². The molecule has 0 amide bonds. The second-order valence-corrected chi connectivity index (χ2v) is 10.9. The smallest absolute Gasteiger partial charge is 0.0780 e. The number of anilines is 1. The van der Waals surface area contributed by atoms with Crippen LogP contribution in [0.2, 0.25) is 0 Å². The van der Waals surface area contributed by atoms with Crippen LogP contribution in [0.15, 0.2) is 150 Å². The summed E-state index contributed by atoms with van der Waals surface area (Å²) >= 11 is 0. The van der Waals surface area contributed by atoms with Gasteiger partial charge in [-0.05, 0) is 73.2 Å². The molecule has 206 valence electrons. The number of aliphatic imine (C=N–C) groups is 1. The summed E-state index contributed by atoms with van der Waals surface area (Å²) in [6.07, 6.45) is 24.0. The van der Waals surface area contributed by atoms with Gasteiger partial charge in [-0.2, -0.15) is 0 Å². The van der Waals surface area contributed by atoms with Gasteiger partial charge in [-0.25, -0.2) is 0 Å². The molecule has 0 bridgehead atoms. The summed E-state index contributed by atoms with van der Waals surface area (Å²) in [7, 11) is 0. The largest absolute Gasteiger partial charge is 0.342 e. The minimum absolute atomic E-state index is 0.197. The van der Waals surface area contributed by atoms with E-state index in [0.29, 0.717) is 11.8 Å². The van der Waals surface area contributed by atoms with Crippen molar-refractivity contribution in [2.24, 2.45) is 16.8 Å². The van der Waals surface area contributed by atoms with Crippen molar-refractivity contribution in [3.8, 4) is 11.1 Å². The molecule has 2 aromatic carbocycles. The molecule has 5 rings (SSSR count). The van der Waals surface area contributed by atoms with Gasteiger partial charge in [0.05, 0.1) is 11.6 Å². The predicted molar refractivity (Wildman–Crippen MR) is 177 cm³/mol. The van der Waals surface area contributed by atoms with Crippen LogP contribution in [0.25, 0.3) is 22.0 Å². The predicted octanol–water partition coefficient (Wildman–Crippen LogP) is 9.45. The Morgan fingerprint density at radius 3 is 2.54 bits per heavy atom. The first-order valence-corrected chi connectivity index (χ1v) is 14.4. The van der Waals surface area contributed by atoms with Gasteiger partial charge in [-0.15, -0.1) is 6.58 Å². The van der Waals surface area contributed by atoms with Crippen LogP contribution in [0.5, 0.6) is 0 Å². The average Bonchev–Trinajstić information content (AvgIpc) is 3.01. The van der Waals surface area contributed by atoms with Crippen LogP contribution in [-0.4, -0.2) is 23.3 Å². The highest BCUT2D eigenvalue weighted by molar-refractivity contribution is 5.87. The van der Waals surface area contributed by atoms with Gasteiger partial charge in [0.15, 0.2) is 0 Å². The van der Waals surface area contributed by atoms with Gasteiger partial charge in [-0.1, -0.05) is 92.4 Å². The number of nitrogens with zero attached hydrogens (tertiary/aromatic N) is 3. The fraction of sp³-hybridized carbons (Fsp3) is 0.211. The quantitative estimate of drug-likeness (QED) is 0.190. The summed E-state index contributed by atoms with van der Waals surface area (Å²) in [4.78, 5) is 11.9. The van der Waals surface area contributed by atoms with Gasteiger partial charge in [-0.3, -0.25) is 9.98 Å². The van der Waals surface area contributed by atoms with Crippen molar-refractivity contribution in [2.75, 3.05) is 4.90 Å². The number of fused-ring (bicyclic) bond motifs is 2. The van der Waals surface area contributed by atoms with Crippen molar-refractivity contribution in [2.45, 2.75) is 39.3 Å². The standard InChI is InChI=1S/C38H39N3/c1-6-12-27(3)29(5)41(28(4)17-18-30(7-2)34-23-32-13-8-10-15-37(32)39-25-34)36-21-19-31(20-22-36)35-24-33-14-9-11-16-38(33)40-26-35/h6-11,13-27,29,32,37H,1-2,12H2,3-5H3/b28-17+,30-18+/t27-,29?,32?,37?/m1/s1. The van der Waals surface area contributed by atoms with E-state index in [9.17, 15) is 0 Å². The molecule has 2 heterocycles. The lowest BCUT2D eigenvalue weighted by Crippen LogP contribution is -2.36. The summed E-state index contributed by atoms with van der Waals surface area (Å²) in [5.41, 5.74) is 7.79. The maximum absolute atomic E-state index is 4.77. The van der Waals surface area contributed by atoms with Crippen molar-refractivity contribution >= 4 is 22.8 Å². The molecule has 3 nitrogen and oxygen atoms in total. The highest BCUT2D eigenvalue weighted by Crippen LogP contribution is 2.31. The molecular weight excluding hydrogens is 498 g/mol. The summed E-state index contributed by atoms with van der Waals surface area (Å²) in [6, 6.07) is 19.8. The Hall–Kier alpha value is -4.50. The lowest BCUT2D eigenvalue weighted by molar-refractivity contribution is 0.473. The molecule has 3 unspecified atom stereocenters. The number of benzene rings is 2. The molecule has 1 aromatic heterocycles. The van der Waals surface area contributed by atoms with Crippen LogP contribution in [0.4, 0.5) is 5.69 Å². The fourth-order valence-electron chi connectivity index (χ4n) is 5.59.